The second-order valence-electron chi connectivity index (χ2n) is 5.60. The number of aliphatic hydroxyl groups is 1. The summed E-state index contributed by atoms with van der Waals surface area (Å²) >= 11 is 1.64. The second-order valence-corrected chi connectivity index (χ2v) is 6.58. The van der Waals surface area contributed by atoms with Crippen molar-refractivity contribution in [3.8, 4) is 0 Å². The number of amides is 1. The smallest absolute Gasteiger partial charge is 0.286 e. The highest BCUT2D eigenvalue weighted by Gasteiger charge is 2.29. The monoisotopic (exact) mass is 363 g/mol. The molecule has 0 saturated carbocycles. The van der Waals surface area contributed by atoms with Crippen LogP contribution in [0.3, 0.4) is 0 Å². The fourth-order valence-electron chi connectivity index (χ4n) is 2.54. The maximum Gasteiger partial charge on any atom is 0.286 e. The van der Waals surface area contributed by atoms with Crippen LogP contribution in [0.4, 0.5) is 0 Å². The van der Waals surface area contributed by atoms with Gasteiger partial charge in [0.2, 0.25) is 6.29 Å². The van der Waals surface area contributed by atoms with Gasteiger partial charge in [-0.2, -0.15) is 0 Å². The molecule has 3 heterocycles. The van der Waals surface area contributed by atoms with Crippen molar-refractivity contribution in [3.63, 3.8) is 0 Å². The van der Waals surface area contributed by atoms with Gasteiger partial charge >= 0.3 is 0 Å². The molecular weight excluding hydrogens is 342 g/mol. The van der Waals surface area contributed by atoms with Gasteiger partial charge < -0.3 is 24.9 Å². The predicted octanol–water partition coefficient (Wildman–Crippen LogP) is 1.90. The quantitative estimate of drug-likeness (QED) is 0.623. The topological polar surface area (TPSA) is 96.5 Å². The average Bonchev–Trinajstić information content (AvgIpc) is 3.33. The summed E-state index contributed by atoms with van der Waals surface area (Å²) in [4.78, 5) is 20.6. The number of carbonyl (C=O) groups is 1. The van der Waals surface area contributed by atoms with Gasteiger partial charge in [0.1, 0.15) is 5.82 Å². The number of aromatic amines is 1. The van der Waals surface area contributed by atoms with Crippen LogP contribution < -0.4 is 5.32 Å². The lowest BCUT2D eigenvalue weighted by Gasteiger charge is -2.28. The van der Waals surface area contributed by atoms with Crippen LogP contribution in [0.1, 0.15) is 29.5 Å². The van der Waals surface area contributed by atoms with Crippen LogP contribution in [0.5, 0.6) is 0 Å². The highest BCUT2D eigenvalue weighted by atomic mass is 32.1. The molecule has 1 amide bonds. The van der Waals surface area contributed by atoms with E-state index in [1.165, 1.54) is 0 Å². The van der Waals surface area contributed by atoms with Crippen LogP contribution >= 0.6 is 11.3 Å². The Labute approximate surface area is 149 Å². The molecule has 25 heavy (non-hydrogen) atoms. The van der Waals surface area contributed by atoms with E-state index in [2.05, 4.69) is 15.3 Å². The number of ether oxygens (including phenoxy) is 2. The summed E-state index contributed by atoms with van der Waals surface area (Å²) in [5, 5.41) is 13.7. The minimum Gasteiger partial charge on any atom is -0.459 e. The third kappa shape index (κ3) is 4.91. The molecular formula is C17H21N3O4S. The van der Waals surface area contributed by atoms with Gasteiger partial charge in [0.05, 0.1) is 13.2 Å². The summed E-state index contributed by atoms with van der Waals surface area (Å²) in [6.45, 7) is 0.749. The van der Waals surface area contributed by atoms with Gasteiger partial charge in [-0.05, 0) is 23.9 Å². The van der Waals surface area contributed by atoms with Gasteiger partial charge in [-0.1, -0.05) is 6.07 Å². The molecule has 0 bridgehead atoms. The Morgan fingerprint density at radius 1 is 1.56 bits per heavy atom. The molecule has 0 fully saturated rings. The Balaban J connectivity index is 1.66. The molecule has 0 saturated heterocycles. The summed E-state index contributed by atoms with van der Waals surface area (Å²) in [7, 11) is 0. The standard InChI is InChI=1S/C17H21N3O4S/c21-6-2-7-23-16-10-12(14-3-1-8-25-14)9-13(24-16)17(22)20-11-15-18-4-5-19-15/h1,3-5,8-9,12,16,21H,2,6-7,10-11H2,(H,18,19)(H,20,22)/t12-,16+/m0/s1. The number of aromatic nitrogens is 2. The molecule has 2 aromatic heterocycles. The van der Waals surface area contributed by atoms with Crippen molar-refractivity contribution < 1.29 is 19.4 Å². The van der Waals surface area contributed by atoms with Gasteiger partial charge in [0.25, 0.3) is 5.91 Å². The molecule has 0 spiro atoms. The first kappa shape index (κ1) is 17.7. The van der Waals surface area contributed by atoms with E-state index in [0.717, 1.165) is 4.88 Å². The molecule has 2 atom stereocenters. The Morgan fingerprint density at radius 2 is 2.48 bits per heavy atom. The Morgan fingerprint density at radius 3 is 3.20 bits per heavy atom. The number of aliphatic hydroxyl groups excluding tert-OH is 1. The van der Waals surface area contributed by atoms with Crippen LogP contribution in [-0.2, 0) is 20.8 Å². The number of nitrogens with zero attached hydrogens (tertiary/aromatic N) is 1. The van der Waals surface area contributed by atoms with Gasteiger partial charge in [0, 0.05) is 36.2 Å². The number of allylic oxidation sites excluding steroid dienone is 1. The molecule has 7 nitrogen and oxygen atoms in total. The van der Waals surface area contributed by atoms with Crippen LogP contribution in [-0.4, -0.2) is 40.5 Å². The molecule has 0 aliphatic carbocycles. The minimum atomic E-state index is -0.506. The molecule has 0 radical (unpaired) electrons. The van der Waals surface area contributed by atoms with E-state index in [1.54, 1.807) is 23.7 Å². The zero-order valence-corrected chi connectivity index (χ0v) is 14.5. The number of nitrogens with one attached hydrogen (secondary N) is 2. The molecule has 0 aromatic carbocycles. The molecule has 134 valence electrons. The molecule has 2 aromatic rings. The molecule has 3 N–H and O–H groups in total. The van der Waals surface area contributed by atoms with Crippen molar-refractivity contribution in [2.24, 2.45) is 0 Å². The van der Waals surface area contributed by atoms with E-state index in [0.29, 0.717) is 31.8 Å². The number of thiophene rings is 1. The Kier molecular flexibility index (Phi) is 6.21. The van der Waals surface area contributed by atoms with Crippen molar-refractivity contribution in [1.82, 2.24) is 15.3 Å². The first-order chi connectivity index (χ1) is 12.3. The van der Waals surface area contributed by atoms with Gasteiger partial charge in [0.15, 0.2) is 5.76 Å². The largest absolute Gasteiger partial charge is 0.459 e. The van der Waals surface area contributed by atoms with Gasteiger partial charge in [-0.25, -0.2) is 4.98 Å². The number of hydrogen-bond acceptors (Lipinski definition) is 6. The number of rotatable bonds is 8. The lowest BCUT2D eigenvalue weighted by Crippen LogP contribution is -2.33. The normalized spacial score (nSPS) is 20.0. The van der Waals surface area contributed by atoms with Gasteiger partial charge in [-0.15, -0.1) is 11.3 Å². The average molecular weight is 363 g/mol. The first-order valence-corrected chi connectivity index (χ1v) is 9.05. The first-order valence-electron chi connectivity index (χ1n) is 8.17. The fraction of sp³-hybridized carbons (Fsp3) is 0.412. The number of hydrogen-bond donors (Lipinski definition) is 3. The van der Waals surface area contributed by atoms with Crippen LogP contribution in [0, 0.1) is 0 Å². The minimum absolute atomic E-state index is 0.0629. The Hall–Kier alpha value is -2.16. The maximum absolute atomic E-state index is 12.4. The van der Waals surface area contributed by atoms with E-state index in [4.69, 9.17) is 14.6 Å². The lowest BCUT2D eigenvalue weighted by molar-refractivity contribution is -0.147. The summed E-state index contributed by atoms with van der Waals surface area (Å²) in [5.41, 5.74) is 0. The summed E-state index contributed by atoms with van der Waals surface area (Å²) < 4.78 is 11.4. The molecule has 0 unspecified atom stereocenters. The molecule has 3 rings (SSSR count). The zero-order chi connectivity index (χ0) is 17.5. The molecule has 1 aliphatic heterocycles. The lowest BCUT2D eigenvalue weighted by atomic mass is 9.99. The van der Waals surface area contributed by atoms with Crippen molar-refractivity contribution >= 4 is 17.2 Å². The van der Waals surface area contributed by atoms with Crippen molar-refractivity contribution in [3.05, 3.63) is 52.4 Å². The summed E-state index contributed by atoms with van der Waals surface area (Å²) in [6, 6.07) is 4.03. The highest BCUT2D eigenvalue weighted by Crippen LogP contribution is 2.33. The molecule has 8 heteroatoms. The zero-order valence-electron chi connectivity index (χ0n) is 13.7. The number of carbonyl (C=O) groups excluding carboxylic acids is 1. The van der Waals surface area contributed by atoms with E-state index in [9.17, 15) is 4.79 Å². The number of H-pyrrole nitrogens is 1. The predicted molar refractivity (Wildman–Crippen MR) is 92.7 cm³/mol. The van der Waals surface area contributed by atoms with E-state index < -0.39 is 6.29 Å². The number of imidazole rings is 1. The molecule has 1 aliphatic rings. The van der Waals surface area contributed by atoms with Crippen LogP contribution in [0.25, 0.3) is 0 Å². The summed E-state index contributed by atoms with van der Waals surface area (Å²) in [6.07, 6.45) is 5.85. The van der Waals surface area contributed by atoms with Gasteiger partial charge in [-0.3, -0.25) is 4.79 Å². The fourth-order valence-corrected chi connectivity index (χ4v) is 3.35. The van der Waals surface area contributed by atoms with E-state index >= 15 is 0 Å². The SMILES string of the molecule is O=C(NCc1ncc[nH]1)C1=C[C@H](c2cccs2)C[C@H](OCCCO)O1. The maximum atomic E-state index is 12.4. The highest BCUT2D eigenvalue weighted by molar-refractivity contribution is 7.10. The summed E-state index contributed by atoms with van der Waals surface area (Å²) in [5.74, 6) is 0.700. The van der Waals surface area contributed by atoms with Crippen molar-refractivity contribution in [2.45, 2.75) is 31.6 Å². The van der Waals surface area contributed by atoms with Crippen molar-refractivity contribution in [2.75, 3.05) is 13.2 Å². The van der Waals surface area contributed by atoms with Crippen molar-refractivity contribution in [1.29, 1.82) is 0 Å². The second kappa shape index (κ2) is 8.80. The van der Waals surface area contributed by atoms with E-state index in [-0.39, 0.29) is 24.2 Å². The van der Waals surface area contributed by atoms with Crippen LogP contribution in [0.2, 0.25) is 0 Å². The third-order valence-corrected chi connectivity index (χ3v) is 4.77. The third-order valence-electron chi connectivity index (χ3n) is 3.77. The van der Waals surface area contributed by atoms with Crippen LogP contribution in [0.15, 0.2) is 41.7 Å². The Bertz CT molecular complexity index is 685. The van der Waals surface area contributed by atoms with E-state index in [1.807, 2.05) is 23.6 Å².